The average molecular weight is 449 g/mol. The zero-order valence-corrected chi connectivity index (χ0v) is 17.7. The smallest absolute Gasteiger partial charge is 0.255 e. The van der Waals surface area contributed by atoms with Gasteiger partial charge in [-0.05, 0) is 54.6 Å². The molecule has 0 saturated heterocycles. The predicted molar refractivity (Wildman–Crippen MR) is 123 cm³/mol. The Kier molecular flexibility index (Phi) is 6.28. The number of hydrogen-bond donors (Lipinski definition) is 2. The molecule has 0 fully saturated rings. The molecule has 4 rings (SSSR count). The van der Waals surface area contributed by atoms with E-state index < -0.39 is 0 Å². The van der Waals surface area contributed by atoms with E-state index in [0.29, 0.717) is 39.1 Å². The zero-order chi connectivity index (χ0) is 22.5. The number of aromatic nitrogens is 2. The molecule has 0 unspecified atom stereocenters. The number of carbonyl (C=O) groups is 1. The fourth-order valence-corrected chi connectivity index (χ4v) is 3.23. The van der Waals surface area contributed by atoms with Crippen molar-refractivity contribution in [1.82, 2.24) is 9.97 Å². The van der Waals surface area contributed by atoms with Gasteiger partial charge in [-0.15, -0.1) is 0 Å². The van der Waals surface area contributed by atoms with Crippen molar-refractivity contribution in [2.45, 2.75) is 0 Å². The van der Waals surface area contributed by atoms with E-state index in [-0.39, 0.29) is 11.7 Å². The molecule has 0 bridgehead atoms. The molecular formula is C24H18ClFN4O2. The Morgan fingerprint density at radius 3 is 2.56 bits per heavy atom. The predicted octanol–water partition coefficient (Wildman–Crippen LogP) is 5.94. The zero-order valence-electron chi connectivity index (χ0n) is 17.0. The number of hydrogen-bond acceptors (Lipinski definition) is 5. The van der Waals surface area contributed by atoms with Crippen molar-refractivity contribution < 1.29 is 13.9 Å². The van der Waals surface area contributed by atoms with Crippen LogP contribution in [0.15, 0.2) is 79.1 Å². The molecule has 32 heavy (non-hydrogen) atoms. The fraction of sp³-hybridized carbons (Fsp3) is 0.0417. The van der Waals surface area contributed by atoms with Crippen LogP contribution in [0.1, 0.15) is 10.4 Å². The number of methoxy groups -OCH3 is 1. The number of ether oxygens (including phenoxy) is 1. The molecule has 0 atom stereocenters. The Balaban J connectivity index is 1.47. The summed E-state index contributed by atoms with van der Waals surface area (Å²) in [4.78, 5) is 21.0. The van der Waals surface area contributed by atoms with Crippen LogP contribution in [0.5, 0.6) is 5.75 Å². The number of benzene rings is 3. The number of carbonyl (C=O) groups excluding carboxylic acids is 1. The third-order valence-electron chi connectivity index (χ3n) is 4.62. The molecule has 3 aromatic carbocycles. The molecule has 0 aliphatic heterocycles. The molecule has 1 amide bonds. The molecule has 0 radical (unpaired) electrons. The van der Waals surface area contributed by atoms with Crippen LogP contribution in [-0.4, -0.2) is 23.0 Å². The van der Waals surface area contributed by atoms with Crippen LogP contribution in [0.25, 0.3) is 11.3 Å². The van der Waals surface area contributed by atoms with E-state index in [9.17, 15) is 9.18 Å². The van der Waals surface area contributed by atoms with Gasteiger partial charge in [-0.2, -0.15) is 0 Å². The summed E-state index contributed by atoms with van der Waals surface area (Å²) in [6.07, 6.45) is 1.41. The highest BCUT2D eigenvalue weighted by Crippen LogP contribution is 2.28. The van der Waals surface area contributed by atoms with E-state index in [2.05, 4.69) is 20.6 Å². The number of rotatable bonds is 6. The van der Waals surface area contributed by atoms with Crippen molar-refractivity contribution in [3.63, 3.8) is 0 Å². The summed E-state index contributed by atoms with van der Waals surface area (Å²) in [6, 6.07) is 19.8. The molecule has 8 heteroatoms. The molecule has 0 saturated carbocycles. The van der Waals surface area contributed by atoms with E-state index in [1.807, 2.05) is 0 Å². The first-order valence-corrected chi connectivity index (χ1v) is 9.99. The monoisotopic (exact) mass is 448 g/mol. The molecule has 0 aliphatic rings. The van der Waals surface area contributed by atoms with Gasteiger partial charge in [0.1, 0.15) is 23.7 Å². The Morgan fingerprint density at radius 2 is 1.81 bits per heavy atom. The Morgan fingerprint density at radius 1 is 1.00 bits per heavy atom. The first-order chi connectivity index (χ1) is 15.5. The topological polar surface area (TPSA) is 76.1 Å². The number of anilines is 3. The van der Waals surface area contributed by atoms with Crippen molar-refractivity contribution in [1.29, 1.82) is 0 Å². The maximum Gasteiger partial charge on any atom is 0.255 e. The van der Waals surface area contributed by atoms with Crippen LogP contribution in [0, 0.1) is 5.82 Å². The molecule has 1 aromatic heterocycles. The van der Waals surface area contributed by atoms with Gasteiger partial charge in [0.2, 0.25) is 0 Å². The van der Waals surface area contributed by atoms with Gasteiger partial charge in [-0.1, -0.05) is 23.7 Å². The highest BCUT2D eigenvalue weighted by Gasteiger charge is 2.11. The normalized spacial score (nSPS) is 10.5. The average Bonchev–Trinajstić information content (AvgIpc) is 2.80. The molecule has 0 aliphatic carbocycles. The second-order valence-corrected chi connectivity index (χ2v) is 7.24. The standard InChI is InChI=1S/C24H18ClFN4O2/c1-32-22-10-7-17(25)12-21(22)30-24(31)15-5-8-19(9-6-15)29-23-13-20(27-14-28-23)16-3-2-4-18(26)11-16/h2-14H,1H3,(H,30,31)(H,27,28,29). The second-order valence-electron chi connectivity index (χ2n) is 6.80. The minimum Gasteiger partial charge on any atom is -0.495 e. The number of amides is 1. The summed E-state index contributed by atoms with van der Waals surface area (Å²) in [5, 5.41) is 6.44. The minimum absolute atomic E-state index is 0.299. The van der Waals surface area contributed by atoms with Crippen molar-refractivity contribution in [2.75, 3.05) is 17.7 Å². The van der Waals surface area contributed by atoms with Crippen molar-refractivity contribution in [3.8, 4) is 17.0 Å². The Bertz CT molecular complexity index is 1270. The van der Waals surface area contributed by atoms with Gasteiger partial charge >= 0.3 is 0 Å². The van der Waals surface area contributed by atoms with Crippen molar-refractivity contribution in [2.24, 2.45) is 0 Å². The molecule has 1 heterocycles. The van der Waals surface area contributed by atoms with Crippen molar-refractivity contribution >= 4 is 34.7 Å². The van der Waals surface area contributed by atoms with Crippen LogP contribution in [0.2, 0.25) is 5.02 Å². The molecule has 4 aromatic rings. The van der Waals surface area contributed by atoms with Gasteiger partial charge in [0.05, 0.1) is 18.5 Å². The SMILES string of the molecule is COc1ccc(Cl)cc1NC(=O)c1ccc(Nc2cc(-c3cccc(F)c3)ncn2)cc1. The Labute approximate surface area is 189 Å². The lowest BCUT2D eigenvalue weighted by molar-refractivity contribution is 0.102. The van der Waals surface area contributed by atoms with E-state index >= 15 is 0 Å². The highest BCUT2D eigenvalue weighted by molar-refractivity contribution is 6.31. The highest BCUT2D eigenvalue weighted by atomic mass is 35.5. The summed E-state index contributed by atoms with van der Waals surface area (Å²) < 4.78 is 18.8. The largest absolute Gasteiger partial charge is 0.495 e. The summed E-state index contributed by atoms with van der Waals surface area (Å²) >= 11 is 6.01. The van der Waals surface area contributed by atoms with E-state index in [1.54, 1.807) is 60.7 Å². The van der Waals surface area contributed by atoms with Gasteiger partial charge < -0.3 is 15.4 Å². The maximum atomic E-state index is 13.5. The number of nitrogens with one attached hydrogen (secondary N) is 2. The summed E-state index contributed by atoms with van der Waals surface area (Å²) in [5.74, 6) is 0.423. The molecule has 0 spiro atoms. The quantitative estimate of drug-likeness (QED) is 0.381. The number of nitrogens with zero attached hydrogens (tertiary/aromatic N) is 2. The third-order valence-corrected chi connectivity index (χ3v) is 4.85. The van der Waals surface area contributed by atoms with Crippen LogP contribution in [0.3, 0.4) is 0 Å². The van der Waals surface area contributed by atoms with Crippen LogP contribution in [0.4, 0.5) is 21.6 Å². The summed E-state index contributed by atoms with van der Waals surface area (Å²) in [5.41, 5.74) is 2.91. The number of halogens is 2. The lowest BCUT2D eigenvalue weighted by Crippen LogP contribution is -2.12. The van der Waals surface area contributed by atoms with Crippen LogP contribution < -0.4 is 15.4 Å². The van der Waals surface area contributed by atoms with Crippen LogP contribution >= 0.6 is 11.6 Å². The van der Waals surface area contributed by atoms with Gasteiger partial charge in [-0.3, -0.25) is 4.79 Å². The molecule has 160 valence electrons. The van der Waals surface area contributed by atoms with Crippen LogP contribution in [-0.2, 0) is 0 Å². The first-order valence-electron chi connectivity index (χ1n) is 9.62. The molecule has 2 N–H and O–H groups in total. The van der Waals surface area contributed by atoms with E-state index in [4.69, 9.17) is 16.3 Å². The van der Waals surface area contributed by atoms with Gasteiger partial charge in [0.25, 0.3) is 5.91 Å². The second kappa shape index (κ2) is 9.45. The fourth-order valence-electron chi connectivity index (χ4n) is 3.06. The first kappa shape index (κ1) is 21.3. The molecule has 6 nitrogen and oxygen atoms in total. The van der Waals surface area contributed by atoms with Gasteiger partial charge in [0.15, 0.2) is 0 Å². The summed E-state index contributed by atoms with van der Waals surface area (Å²) in [7, 11) is 1.52. The van der Waals surface area contributed by atoms with E-state index in [1.165, 1.54) is 25.6 Å². The van der Waals surface area contributed by atoms with Gasteiger partial charge in [-0.25, -0.2) is 14.4 Å². The third kappa shape index (κ3) is 5.01. The maximum absolute atomic E-state index is 13.5. The lowest BCUT2D eigenvalue weighted by atomic mass is 10.1. The molecular weight excluding hydrogens is 431 g/mol. The summed E-state index contributed by atoms with van der Waals surface area (Å²) in [6.45, 7) is 0. The van der Waals surface area contributed by atoms with Crippen molar-refractivity contribution in [3.05, 3.63) is 95.5 Å². The lowest BCUT2D eigenvalue weighted by Gasteiger charge is -2.11. The van der Waals surface area contributed by atoms with E-state index in [0.717, 1.165) is 5.69 Å². The Hall–Kier alpha value is -3.97. The van der Waals surface area contributed by atoms with Gasteiger partial charge in [0, 0.05) is 27.9 Å². The minimum atomic E-state index is -0.333.